The molecule has 0 saturated carbocycles. The summed E-state index contributed by atoms with van der Waals surface area (Å²) in [7, 11) is 0. The summed E-state index contributed by atoms with van der Waals surface area (Å²) in [6, 6.07) is 21.8. The maximum atomic E-state index is 13.9. The molecule has 0 aliphatic carbocycles. The number of nitrogens with zero attached hydrogens (tertiary/aromatic N) is 2. The van der Waals surface area contributed by atoms with Gasteiger partial charge in [-0.1, -0.05) is 59.3 Å². The smallest absolute Gasteiger partial charge is 0.338 e. The number of carbonyl (C=O) groups excluding carboxylic acids is 1. The van der Waals surface area contributed by atoms with Crippen LogP contribution in [0.2, 0.25) is 5.02 Å². The Labute approximate surface area is 253 Å². The number of aromatic nitrogens is 1. The number of allylic oxidation sites excluding steroid dienone is 1. The van der Waals surface area contributed by atoms with Crippen LogP contribution in [0.3, 0.4) is 0 Å². The second-order valence-electron chi connectivity index (χ2n) is 10.0. The summed E-state index contributed by atoms with van der Waals surface area (Å²) in [4.78, 5) is 32.4. The number of halogens is 1. The van der Waals surface area contributed by atoms with Gasteiger partial charge in [-0.25, -0.2) is 9.79 Å². The molecule has 1 aromatic heterocycles. The molecule has 42 heavy (non-hydrogen) atoms. The first-order valence-electron chi connectivity index (χ1n) is 13.7. The Bertz CT molecular complexity index is 1800. The van der Waals surface area contributed by atoms with Crippen molar-refractivity contribution in [2.24, 2.45) is 4.99 Å². The number of hydrogen-bond donors (Lipinski definition) is 0. The van der Waals surface area contributed by atoms with Crippen LogP contribution >= 0.6 is 22.9 Å². The van der Waals surface area contributed by atoms with E-state index in [0.717, 1.165) is 16.7 Å². The summed E-state index contributed by atoms with van der Waals surface area (Å²) in [5.74, 6) is 0.886. The van der Waals surface area contributed by atoms with Crippen LogP contribution in [0.5, 0.6) is 11.5 Å². The van der Waals surface area contributed by atoms with Gasteiger partial charge in [-0.3, -0.25) is 9.36 Å². The summed E-state index contributed by atoms with van der Waals surface area (Å²) in [5, 5.41) is 0.672. The molecular weight excluding hydrogens is 572 g/mol. The molecule has 3 aromatic carbocycles. The molecule has 0 amide bonds. The highest BCUT2D eigenvalue weighted by atomic mass is 35.5. The van der Waals surface area contributed by atoms with Crippen molar-refractivity contribution in [3.05, 3.63) is 125 Å². The lowest BCUT2D eigenvalue weighted by Gasteiger charge is -2.25. The van der Waals surface area contributed by atoms with E-state index in [-0.39, 0.29) is 11.7 Å². The van der Waals surface area contributed by atoms with Gasteiger partial charge < -0.3 is 14.2 Å². The molecule has 2 heterocycles. The van der Waals surface area contributed by atoms with Crippen LogP contribution in [-0.2, 0) is 16.1 Å². The van der Waals surface area contributed by atoms with Crippen LogP contribution in [0, 0.1) is 0 Å². The average Bonchev–Trinajstić information content (AvgIpc) is 3.26. The zero-order chi connectivity index (χ0) is 29.8. The lowest BCUT2D eigenvalue weighted by Crippen LogP contribution is -2.40. The molecule has 1 aliphatic rings. The highest BCUT2D eigenvalue weighted by Crippen LogP contribution is 2.32. The van der Waals surface area contributed by atoms with E-state index in [2.05, 4.69) is 4.99 Å². The molecule has 216 valence electrons. The van der Waals surface area contributed by atoms with Gasteiger partial charge in [0.25, 0.3) is 5.56 Å². The predicted octanol–water partition coefficient (Wildman–Crippen LogP) is 5.82. The standard InChI is InChI=1S/C33H31ClN2O5S/c1-5-39-26-15-11-24(12-16-26)30-29(32(38)41-20(2)3)21(4)35-33-36(30)31(37)28(42-33)18-23-7-6-8-27(17-23)40-19-22-9-13-25(34)14-10-22/h6-18,20,30H,5,19H2,1-4H3/b28-18+/t30-/m0/s1. The van der Waals surface area contributed by atoms with E-state index < -0.39 is 12.0 Å². The molecule has 0 fully saturated rings. The average molecular weight is 603 g/mol. The normalized spacial score (nSPS) is 14.9. The highest BCUT2D eigenvalue weighted by Gasteiger charge is 2.33. The monoisotopic (exact) mass is 602 g/mol. The van der Waals surface area contributed by atoms with Crippen LogP contribution in [0.25, 0.3) is 6.08 Å². The maximum absolute atomic E-state index is 13.9. The third kappa shape index (κ3) is 6.50. The Morgan fingerprint density at radius 2 is 1.79 bits per heavy atom. The number of fused-ring (bicyclic) bond motifs is 1. The lowest BCUT2D eigenvalue weighted by atomic mass is 9.96. The first-order chi connectivity index (χ1) is 20.2. The number of ether oxygens (including phenoxy) is 3. The molecule has 5 rings (SSSR count). The van der Waals surface area contributed by atoms with Crippen molar-refractivity contribution >= 4 is 35.0 Å². The third-order valence-corrected chi connectivity index (χ3v) is 7.80. The minimum Gasteiger partial charge on any atom is -0.494 e. The molecule has 0 unspecified atom stereocenters. The minimum absolute atomic E-state index is 0.243. The molecule has 0 bridgehead atoms. The molecule has 9 heteroatoms. The van der Waals surface area contributed by atoms with Crippen molar-refractivity contribution < 1.29 is 19.0 Å². The Balaban J connectivity index is 1.53. The Morgan fingerprint density at radius 3 is 2.48 bits per heavy atom. The second kappa shape index (κ2) is 12.8. The SMILES string of the molecule is CCOc1ccc([C@H]2C(C(=O)OC(C)C)=C(C)N=c3s/c(=C/c4cccc(OCc5ccc(Cl)cc5)c4)c(=O)n32)cc1. The highest BCUT2D eigenvalue weighted by molar-refractivity contribution is 7.07. The zero-order valence-corrected chi connectivity index (χ0v) is 25.4. The number of hydrogen-bond acceptors (Lipinski definition) is 7. The maximum Gasteiger partial charge on any atom is 0.338 e. The zero-order valence-electron chi connectivity index (χ0n) is 23.8. The van der Waals surface area contributed by atoms with Gasteiger partial charge in [-0.15, -0.1) is 0 Å². The van der Waals surface area contributed by atoms with E-state index in [9.17, 15) is 9.59 Å². The van der Waals surface area contributed by atoms with Crippen molar-refractivity contribution in [2.45, 2.75) is 46.4 Å². The van der Waals surface area contributed by atoms with E-state index in [1.54, 1.807) is 25.3 Å². The van der Waals surface area contributed by atoms with Crippen LogP contribution < -0.4 is 24.4 Å². The van der Waals surface area contributed by atoms with Crippen molar-refractivity contribution in [1.29, 1.82) is 0 Å². The molecule has 1 aliphatic heterocycles. The van der Waals surface area contributed by atoms with Gasteiger partial charge >= 0.3 is 5.97 Å². The topological polar surface area (TPSA) is 79.1 Å². The Hall–Kier alpha value is -4.14. The Morgan fingerprint density at radius 1 is 1.05 bits per heavy atom. The van der Waals surface area contributed by atoms with Crippen LogP contribution in [-0.4, -0.2) is 23.2 Å². The van der Waals surface area contributed by atoms with Gasteiger partial charge in [0.05, 0.1) is 34.6 Å². The van der Waals surface area contributed by atoms with Gasteiger partial charge in [0.1, 0.15) is 18.1 Å². The predicted molar refractivity (Wildman–Crippen MR) is 165 cm³/mol. The summed E-state index contributed by atoms with van der Waals surface area (Å²) >= 11 is 7.26. The number of carbonyl (C=O) groups is 1. The molecule has 0 saturated heterocycles. The van der Waals surface area contributed by atoms with E-state index in [1.807, 2.05) is 85.8 Å². The largest absolute Gasteiger partial charge is 0.494 e. The molecule has 0 radical (unpaired) electrons. The Kier molecular flexibility index (Phi) is 8.94. The summed E-state index contributed by atoms with van der Waals surface area (Å²) < 4.78 is 19.2. The number of thiazole rings is 1. The molecule has 0 N–H and O–H groups in total. The summed E-state index contributed by atoms with van der Waals surface area (Å²) in [6.45, 7) is 8.20. The lowest BCUT2D eigenvalue weighted by molar-refractivity contribution is -0.143. The van der Waals surface area contributed by atoms with Crippen molar-refractivity contribution in [3.8, 4) is 11.5 Å². The molecular formula is C33H31ClN2O5S. The fourth-order valence-corrected chi connectivity index (χ4v) is 5.85. The van der Waals surface area contributed by atoms with Crippen LogP contribution in [0.15, 0.2) is 93.9 Å². The first-order valence-corrected chi connectivity index (χ1v) is 14.9. The van der Waals surface area contributed by atoms with Gasteiger partial charge in [-0.05, 0) is 86.9 Å². The van der Waals surface area contributed by atoms with Gasteiger partial charge in [0.15, 0.2) is 4.80 Å². The number of esters is 1. The molecule has 7 nitrogen and oxygen atoms in total. The summed E-state index contributed by atoms with van der Waals surface area (Å²) in [6.07, 6.45) is 1.50. The van der Waals surface area contributed by atoms with Crippen molar-refractivity contribution in [2.75, 3.05) is 6.61 Å². The van der Waals surface area contributed by atoms with E-state index >= 15 is 0 Å². The summed E-state index contributed by atoms with van der Waals surface area (Å²) in [5.41, 5.74) is 3.17. The molecule has 0 spiro atoms. The van der Waals surface area contributed by atoms with Crippen LogP contribution in [0.4, 0.5) is 0 Å². The van der Waals surface area contributed by atoms with E-state index in [4.69, 9.17) is 25.8 Å². The fourth-order valence-electron chi connectivity index (χ4n) is 4.68. The van der Waals surface area contributed by atoms with Crippen LogP contribution in [0.1, 0.15) is 50.4 Å². The van der Waals surface area contributed by atoms with E-state index in [0.29, 0.717) is 50.3 Å². The minimum atomic E-state index is -0.695. The number of benzene rings is 3. The first kappa shape index (κ1) is 29.4. The van der Waals surface area contributed by atoms with Crippen molar-refractivity contribution in [3.63, 3.8) is 0 Å². The quantitative estimate of drug-likeness (QED) is 0.226. The van der Waals surface area contributed by atoms with Gasteiger partial charge in [-0.2, -0.15) is 0 Å². The molecule has 4 aromatic rings. The van der Waals surface area contributed by atoms with Gasteiger partial charge in [0, 0.05) is 5.02 Å². The fraction of sp³-hybridized carbons (Fsp3) is 0.242. The third-order valence-electron chi connectivity index (χ3n) is 6.57. The second-order valence-corrected chi connectivity index (χ2v) is 11.5. The van der Waals surface area contributed by atoms with Gasteiger partial charge in [0.2, 0.25) is 0 Å². The molecule has 1 atom stereocenters. The number of rotatable bonds is 9. The van der Waals surface area contributed by atoms with Crippen molar-refractivity contribution in [1.82, 2.24) is 4.57 Å². The van der Waals surface area contributed by atoms with E-state index in [1.165, 1.54) is 11.3 Å².